The fourth-order valence-corrected chi connectivity index (χ4v) is 1.84. The summed E-state index contributed by atoms with van der Waals surface area (Å²) in [6, 6.07) is 0.227. The maximum atomic E-state index is 12.0. The second-order valence-electron chi connectivity index (χ2n) is 5.74. The predicted octanol–water partition coefficient (Wildman–Crippen LogP) is 4.74. The van der Waals surface area contributed by atoms with Crippen LogP contribution in [-0.2, 0) is 4.79 Å². The normalized spacial score (nSPS) is 15.0. The molecule has 1 unspecified atom stereocenters. The lowest BCUT2D eigenvalue weighted by Gasteiger charge is -2.19. The van der Waals surface area contributed by atoms with Crippen molar-refractivity contribution in [3.63, 3.8) is 0 Å². The summed E-state index contributed by atoms with van der Waals surface area (Å²) in [5.74, 6) is 0.538. The molecule has 0 aliphatic carbocycles. The van der Waals surface area contributed by atoms with Crippen LogP contribution in [0.2, 0.25) is 0 Å². The average Bonchev–Trinajstić information content (AvgIpc) is 2.41. The number of carbonyl (C=O) groups is 1. The van der Waals surface area contributed by atoms with Crippen LogP contribution in [0.3, 0.4) is 0 Å². The molecule has 0 N–H and O–H groups in total. The maximum Gasteiger partial charge on any atom is 0.246 e. The number of carbonyl (C=O) groups excluding carboxylic acids is 1. The Morgan fingerprint density at radius 3 is 2.25 bits per heavy atom. The molecule has 1 atom stereocenters. The Morgan fingerprint density at radius 1 is 1.20 bits per heavy atom. The first-order valence-corrected chi connectivity index (χ1v) is 7.62. The SMILES string of the molecule is C\C=C(C)/C=C(\C=C\C(=O)N(C)C(C)C)C(C)CCC. The Kier molecular flexibility index (Phi) is 8.94. The summed E-state index contributed by atoms with van der Waals surface area (Å²) in [5, 5.41) is 0. The van der Waals surface area contributed by atoms with E-state index in [2.05, 4.69) is 32.9 Å². The molecule has 0 aromatic carbocycles. The van der Waals surface area contributed by atoms with Gasteiger partial charge in [-0.25, -0.2) is 0 Å². The zero-order chi connectivity index (χ0) is 15.7. The summed E-state index contributed by atoms with van der Waals surface area (Å²) in [7, 11) is 1.84. The van der Waals surface area contributed by atoms with Crippen LogP contribution in [-0.4, -0.2) is 23.9 Å². The second kappa shape index (κ2) is 9.57. The minimum absolute atomic E-state index is 0.0627. The molecule has 0 aliphatic heterocycles. The summed E-state index contributed by atoms with van der Waals surface area (Å²) >= 11 is 0. The van der Waals surface area contributed by atoms with Crippen molar-refractivity contribution in [1.82, 2.24) is 4.90 Å². The highest BCUT2D eigenvalue weighted by molar-refractivity contribution is 5.88. The number of rotatable bonds is 7. The lowest BCUT2D eigenvalue weighted by atomic mass is 9.94. The van der Waals surface area contributed by atoms with E-state index in [4.69, 9.17) is 0 Å². The fourth-order valence-electron chi connectivity index (χ4n) is 1.84. The molecule has 0 saturated heterocycles. The van der Waals surface area contributed by atoms with Crippen molar-refractivity contribution in [2.75, 3.05) is 7.05 Å². The summed E-state index contributed by atoms with van der Waals surface area (Å²) in [4.78, 5) is 13.8. The fraction of sp³-hybridized carbons (Fsp3) is 0.611. The van der Waals surface area contributed by atoms with Gasteiger partial charge in [0.25, 0.3) is 0 Å². The Hall–Kier alpha value is -1.31. The molecule has 2 heteroatoms. The second-order valence-corrected chi connectivity index (χ2v) is 5.74. The molecule has 1 amide bonds. The van der Waals surface area contributed by atoms with Crippen LogP contribution in [0, 0.1) is 5.92 Å². The molecule has 114 valence electrons. The summed E-state index contributed by atoms with van der Waals surface area (Å²) in [6.45, 7) is 12.6. The third kappa shape index (κ3) is 6.74. The van der Waals surface area contributed by atoms with Gasteiger partial charge >= 0.3 is 0 Å². The molecule has 0 heterocycles. The van der Waals surface area contributed by atoms with Crippen LogP contribution in [0.1, 0.15) is 54.4 Å². The van der Waals surface area contributed by atoms with Crippen LogP contribution in [0.4, 0.5) is 0 Å². The van der Waals surface area contributed by atoms with Gasteiger partial charge < -0.3 is 4.90 Å². The van der Waals surface area contributed by atoms with Gasteiger partial charge in [0.05, 0.1) is 0 Å². The lowest BCUT2D eigenvalue weighted by Crippen LogP contribution is -2.31. The molecule has 0 aliphatic rings. The molecular weight excluding hydrogens is 246 g/mol. The van der Waals surface area contributed by atoms with Crippen LogP contribution in [0.5, 0.6) is 0 Å². The third-order valence-corrected chi connectivity index (χ3v) is 3.68. The highest BCUT2D eigenvalue weighted by atomic mass is 16.2. The summed E-state index contributed by atoms with van der Waals surface area (Å²) < 4.78 is 0. The summed E-state index contributed by atoms with van der Waals surface area (Å²) in [6.07, 6.45) is 10.2. The van der Waals surface area contributed by atoms with E-state index in [0.717, 1.165) is 12.8 Å². The Balaban J connectivity index is 5.08. The quantitative estimate of drug-likeness (QED) is 0.486. The number of likely N-dealkylation sites (N-methyl/N-ethyl adjacent to an activating group) is 1. The van der Waals surface area contributed by atoms with E-state index in [0.29, 0.717) is 5.92 Å². The van der Waals surface area contributed by atoms with Crippen LogP contribution < -0.4 is 0 Å². The molecule has 0 aromatic heterocycles. The van der Waals surface area contributed by atoms with E-state index >= 15 is 0 Å². The Morgan fingerprint density at radius 2 is 1.80 bits per heavy atom. The molecule has 0 rings (SSSR count). The molecule has 0 radical (unpaired) electrons. The van der Waals surface area contributed by atoms with Crippen molar-refractivity contribution in [2.45, 2.75) is 60.4 Å². The first kappa shape index (κ1) is 18.7. The van der Waals surface area contributed by atoms with Crippen molar-refractivity contribution in [1.29, 1.82) is 0 Å². The molecule has 0 saturated carbocycles. The van der Waals surface area contributed by atoms with Gasteiger partial charge in [0, 0.05) is 19.2 Å². The number of hydrogen-bond donors (Lipinski definition) is 0. The van der Waals surface area contributed by atoms with E-state index < -0.39 is 0 Å². The zero-order valence-corrected chi connectivity index (χ0v) is 14.2. The van der Waals surface area contributed by atoms with Crippen molar-refractivity contribution in [3.8, 4) is 0 Å². The van der Waals surface area contributed by atoms with Gasteiger partial charge in [0.2, 0.25) is 5.91 Å². The maximum absolute atomic E-state index is 12.0. The first-order valence-electron chi connectivity index (χ1n) is 7.62. The first-order chi connectivity index (χ1) is 9.33. The monoisotopic (exact) mass is 277 g/mol. The van der Waals surface area contributed by atoms with Crippen molar-refractivity contribution < 1.29 is 4.79 Å². The van der Waals surface area contributed by atoms with Gasteiger partial charge in [-0.15, -0.1) is 0 Å². The van der Waals surface area contributed by atoms with Crippen LogP contribution >= 0.6 is 0 Å². The Bertz CT molecular complexity index is 388. The summed E-state index contributed by atoms with van der Waals surface area (Å²) in [5.41, 5.74) is 2.46. The standard InChI is InChI=1S/C18H31NO/c1-8-10-16(6)17(13-15(5)9-2)11-12-18(20)19(7)14(3)4/h9,11-14,16H,8,10H2,1-7H3/b12-11+,15-9-,17-13+. The number of hydrogen-bond acceptors (Lipinski definition) is 1. The van der Waals surface area contributed by atoms with Gasteiger partial charge in [-0.2, -0.15) is 0 Å². The van der Waals surface area contributed by atoms with Crippen molar-refractivity contribution in [3.05, 3.63) is 35.5 Å². The van der Waals surface area contributed by atoms with E-state index in [9.17, 15) is 4.79 Å². The predicted molar refractivity (Wildman–Crippen MR) is 88.6 cm³/mol. The smallest absolute Gasteiger partial charge is 0.246 e. The molecular formula is C18H31NO. The molecule has 0 aromatic rings. The molecule has 0 bridgehead atoms. The number of allylic oxidation sites excluding steroid dienone is 5. The van der Waals surface area contributed by atoms with E-state index in [1.807, 2.05) is 33.9 Å². The number of nitrogens with zero attached hydrogens (tertiary/aromatic N) is 1. The van der Waals surface area contributed by atoms with Crippen molar-refractivity contribution >= 4 is 5.91 Å². The van der Waals surface area contributed by atoms with Gasteiger partial charge in [0.15, 0.2) is 0 Å². The van der Waals surface area contributed by atoms with Crippen LogP contribution in [0.15, 0.2) is 35.5 Å². The highest BCUT2D eigenvalue weighted by Gasteiger charge is 2.10. The highest BCUT2D eigenvalue weighted by Crippen LogP contribution is 2.20. The van der Waals surface area contributed by atoms with Crippen molar-refractivity contribution in [2.24, 2.45) is 5.92 Å². The van der Waals surface area contributed by atoms with E-state index in [1.165, 1.54) is 11.1 Å². The third-order valence-electron chi connectivity index (χ3n) is 3.68. The van der Waals surface area contributed by atoms with Crippen LogP contribution in [0.25, 0.3) is 0 Å². The van der Waals surface area contributed by atoms with Gasteiger partial charge in [-0.05, 0) is 45.6 Å². The average molecular weight is 277 g/mol. The number of amides is 1. The topological polar surface area (TPSA) is 20.3 Å². The molecule has 2 nitrogen and oxygen atoms in total. The minimum Gasteiger partial charge on any atom is -0.340 e. The Labute approximate surface area is 125 Å². The van der Waals surface area contributed by atoms with Gasteiger partial charge in [-0.1, -0.05) is 44.1 Å². The zero-order valence-electron chi connectivity index (χ0n) is 14.2. The largest absolute Gasteiger partial charge is 0.340 e. The van der Waals surface area contributed by atoms with E-state index in [-0.39, 0.29) is 11.9 Å². The lowest BCUT2D eigenvalue weighted by molar-refractivity contribution is -0.126. The van der Waals surface area contributed by atoms with Gasteiger partial charge in [0.1, 0.15) is 0 Å². The molecule has 0 fully saturated rings. The van der Waals surface area contributed by atoms with Gasteiger partial charge in [-0.3, -0.25) is 4.79 Å². The molecule has 0 spiro atoms. The molecule has 20 heavy (non-hydrogen) atoms. The minimum atomic E-state index is 0.0627. The van der Waals surface area contributed by atoms with E-state index in [1.54, 1.807) is 11.0 Å².